The molecular formula is C17H18O4. The number of rotatable bonds is 4. The molecule has 0 fully saturated rings. The van der Waals surface area contributed by atoms with Gasteiger partial charge in [0.25, 0.3) is 0 Å². The largest absolute Gasteiger partial charge is 0.493 e. The molecule has 4 heteroatoms. The average Bonchev–Trinajstić information content (AvgIpc) is 2.97. The first-order valence-electron chi connectivity index (χ1n) is 6.89. The van der Waals surface area contributed by atoms with Gasteiger partial charge in [0.05, 0.1) is 13.2 Å². The molecule has 1 N–H and O–H groups in total. The van der Waals surface area contributed by atoms with Gasteiger partial charge in [-0.15, -0.1) is 0 Å². The van der Waals surface area contributed by atoms with Crippen LogP contribution in [0.3, 0.4) is 0 Å². The first kappa shape index (κ1) is 13.8. The number of benzene rings is 2. The number of aliphatic hydroxyl groups is 1. The topological polar surface area (TPSA) is 47.9 Å². The van der Waals surface area contributed by atoms with Crippen molar-refractivity contribution in [3.63, 3.8) is 0 Å². The Morgan fingerprint density at radius 3 is 2.81 bits per heavy atom. The summed E-state index contributed by atoms with van der Waals surface area (Å²) < 4.78 is 16.1. The molecule has 0 aromatic heterocycles. The zero-order valence-corrected chi connectivity index (χ0v) is 12.1. The van der Waals surface area contributed by atoms with Crippen LogP contribution in [-0.2, 0) is 6.42 Å². The Morgan fingerprint density at radius 1 is 1.24 bits per heavy atom. The summed E-state index contributed by atoms with van der Waals surface area (Å²) in [4.78, 5) is 0. The van der Waals surface area contributed by atoms with E-state index < -0.39 is 6.10 Å². The molecule has 2 aromatic carbocycles. The zero-order chi connectivity index (χ0) is 14.8. The molecule has 4 nitrogen and oxygen atoms in total. The Hall–Kier alpha value is -2.20. The van der Waals surface area contributed by atoms with Crippen LogP contribution in [0.15, 0.2) is 36.4 Å². The predicted molar refractivity (Wildman–Crippen MR) is 79.0 cm³/mol. The Labute approximate surface area is 123 Å². The summed E-state index contributed by atoms with van der Waals surface area (Å²) in [7, 11) is 1.58. The van der Waals surface area contributed by atoms with Crippen molar-refractivity contribution in [2.24, 2.45) is 0 Å². The standard InChI is InChI=1S/C17H18O4/c1-11-5-3-4-6-12(11)7-14(18)13-8-15(19-2)17-16(9-13)20-10-21-17/h3-6,8-9,14,18H,7,10H2,1-2H3. The van der Waals surface area contributed by atoms with E-state index in [1.54, 1.807) is 13.2 Å². The van der Waals surface area contributed by atoms with Crippen molar-refractivity contribution in [1.82, 2.24) is 0 Å². The van der Waals surface area contributed by atoms with Gasteiger partial charge in [0.2, 0.25) is 12.5 Å². The molecule has 3 rings (SSSR count). The summed E-state index contributed by atoms with van der Waals surface area (Å²) in [6.07, 6.45) is -0.0651. The quantitative estimate of drug-likeness (QED) is 0.938. The molecule has 0 amide bonds. The van der Waals surface area contributed by atoms with Gasteiger partial charge in [-0.3, -0.25) is 0 Å². The Kier molecular flexibility index (Phi) is 3.71. The van der Waals surface area contributed by atoms with E-state index in [4.69, 9.17) is 14.2 Å². The molecule has 0 aliphatic carbocycles. The van der Waals surface area contributed by atoms with E-state index in [9.17, 15) is 5.11 Å². The van der Waals surface area contributed by atoms with Gasteiger partial charge in [-0.05, 0) is 35.7 Å². The van der Waals surface area contributed by atoms with Crippen molar-refractivity contribution >= 4 is 0 Å². The summed E-state index contributed by atoms with van der Waals surface area (Å²) in [6.45, 7) is 2.23. The van der Waals surface area contributed by atoms with Crippen LogP contribution in [0.5, 0.6) is 17.2 Å². The van der Waals surface area contributed by atoms with Crippen molar-refractivity contribution in [3.05, 3.63) is 53.1 Å². The first-order chi connectivity index (χ1) is 10.2. The van der Waals surface area contributed by atoms with Crippen LogP contribution in [0.1, 0.15) is 22.8 Å². The van der Waals surface area contributed by atoms with Crippen LogP contribution in [0, 0.1) is 6.92 Å². The highest BCUT2D eigenvalue weighted by molar-refractivity contribution is 5.55. The summed E-state index contributed by atoms with van der Waals surface area (Å²) in [5, 5.41) is 10.5. The summed E-state index contributed by atoms with van der Waals surface area (Å²) in [6, 6.07) is 11.7. The Morgan fingerprint density at radius 2 is 2.05 bits per heavy atom. The van der Waals surface area contributed by atoms with Crippen LogP contribution in [0.25, 0.3) is 0 Å². The maximum atomic E-state index is 10.5. The SMILES string of the molecule is COc1cc(C(O)Cc2ccccc2C)cc2c1OCO2. The van der Waals surface area contributed by atoms with Crippen molar-refractivity contribution in [3.8, 4) is 17.2 Å². The summed E-state index contributed by atoms with van der Waals surface area (Å²) in [5.41, 5.74) is 3.06. The van der Waals surface area contributed by atoms with E-state index >= 15 is 0 Å². The lowest BCUT2D eigenvalue weighted by Crippen LogP contribution is -2.03. The number of methoxy groups -OCH3 is 1. The molecule has 0 spiro atoms. The van der Waals surface area contributed by atoms with Gasteiger partial charge >= 0.3 is 0 Å². The van der Waals surface area contributed by atoms with E-state index in [-0.39, 0.29) is 6.79 Å². The second-order valence-electron chi connectivity index (χ2n) is 5.10. The lowest BCUT2D eigenvalue weighted by molar-refractivity contribution is 0.170. The molecule has 1 heterocycles. The molecule has 1 aliphatic heterocycles. The lowest BCUT2D eigenvalue weighted by atomic mass is 9.98. The Balaban J connectivity index is 1.88. The molecule has 21 heavy (non-hydrogen) atoms. The minimum atomic E-state index is -0.616. The predicted octanol–water partition coefficient (Wildman–Crippen LogP) is 3.01. The third-order valence-corrected chi connectivity index (χ3v) is 3.74. The number of aliphatic hydroxyl groups excluding tert-OH is 1. The molecule has 2 aromatic rings. The van der Waals surface area contributed by atoms with Gasteiger partial charge in [-0.25, -0.2) is 0 Å². The van der Waals surface area contributed by atoms with Crippen LogP contribution < -0.4 is 14.2 Å². The second kappa shape index (κ2) is 5.66. The third-order valence-electron chi connectivity index (χ3n) is 3.74. The molecule has 1 unspecified atom stereocenters. The van der Waals surface area contributed by atoms with Gasteiger partial charge in [0.15, 0.2) is 11.5 Å². The molecule has 1 atom stereocenters. The molecule has 110 valence electrons. The Bertz CT molecular complexity index is 651. The molecule has 0 saturated heterocycles. The van der Waals surface area contributed by atoms with Crippen molar-refractivity contribution in [2.75, 3.05) is 13.9 Å². The van der Waals surface area contributed by atoms with Crippen molar-refractivity contribution < 1.29 is 19.3 Å². The van der Waals surface area contributed by atoms with Gasteiger partial charge < -0.3 is 19.3 Å². The molecule has 1 aliphatic rings. The normalized spacial score (nSPS) is 14.0. The number of aryl methyl sites for hydroxylation is 1. The highest BCUT2D eigenvalue weighted by Crippen LogP contribution is 2.43. The van der Waals surface area contributed by atoms with Gasteiger partial charge in [-0.2, -0.15) is 0 Å². The maximum Gasteiger partial charge on any atom is 0.231 e. The van der Waals surface area contributed by atoms with Crippen molar-refractivity contribution in [1.29, 1.82) is 0 Å². The third kappa shape index (κ3) is 2.67. The van der Waals surface area contributed by atoms with Crippen LogP contribution in [0.4, 0.5) is 0 Å². The average molecular weight is 286 g/mol. The molecular weight excluding hydrogens is 268 g/mol. The van der Waals surface area contributed by atoms with E-state index in [1.807, 2.05) is 37.3 Å². The van der Waals surface area contributed by atoms with Crippen LogP contribution in [-0.4, -0.2) is 19.0 Å². The van der Waals surface area contributed by atoms with Gasteiger partial charge in [-0.1, -0.05) is 24.3 Å². The van der Waals surface area contributed by atoms with E-state index in [0.717, 1.165) is 11.1 Å². The number of fused-ring (bicyclic) bond motifs is 1. The molecule has 0 bridgehead atoms. The first-order valence-corrected chi connectivity index (χ1v) is 6.89. The van der Waals surface area contributed by atoms with E-state index in [2.05, 4.69) is 0 Å². The molecule has 0 radical (unpaired) electrons. The number of hydrogen-bond acceptors (Lipinski definition) is 4. The fourth-order valence-corrected chi connectivity index (χ4v) is 2.51. The maximum absolute atomic E-state index is 10.5. The highest BCUT2D eigenvalue weighted by Gasteiger charge is 2.22. The zero-order valence-electron chi connectivity index (χ0n) is 12.1. The monoisotopic (exact) mass is 286 g/mol. The van der Waals surface area contributed by atoms with E-state index in [0.29, 0.717) is 23.7 Å². The lowest BCUT2D eigenvalue weighted by Gasteiger charge is -2.15. The van der Waals surface area contributed by atoms with Crippen LogP contribution in [0.2, 0.25) is 0 Å². The fraction of sp³-hybridized carbons (Fsp3) is 0.294. The van der Waals surface area contributed by atoms with Crippen molar-refractivity contribution in [2.45, 2.75) is 19.4 Å². The fourth-order valence-electron chi connectivity index (χ4n) is 2.51. The number of ether oxygens (including phenoxy) is 3. The summed E-state index contributed by atoms with van der Waals surface area (Å²) in [5.74, 6) is 1.81. The molecule has 0 saturated carbocycles. The van der Waals surface area contributed by atoms with Gasteiger partial charge in [0, 0.05) is 6.42 Å². The van der Waals surface area contributed by atoms with Crippen LogP contribution >= 0.6 is 0 Å². The summed E-state index contributed by atoms with van der Waals surface area (Å²) >= 11 is 0. The second-order valence-corrected chi connectivity index (χ2v) is 5.10. The minimum absolute atomic E-state index is 0.184. The number of hydrogen-bond donors (Lipinski definition) is 1. The highest BCUT2D eigenvalue weighted by atomic mass is 16.7. The van der Waals surface area contributed by atoms with E-state index in [1.165, 1.54) is 5.56 Å². The minimum Gasteiger partial charge on any atom is -0.493 e. The smallest absolute Gasteiger partial charge is 0.231 e. The van der Waals surface area contributed by atoms with Gasteiger partial charge in [0.1, 0.15) is 0 Å².